The summed E-state index contributed by atoms with van der Waals surface area (Å²) >= 11 is 0. The maximum atomic E-state index is 10.7. The molecule has 0 aromatic heterocycles. The van der Waals surface area contributed by atoms with Crippen LogP contribution in [0.2, 0.25) is 0 Å². The number of aliphatic carboxylic acids is 2. The Morgan fingerprint density at radius 1 is 0.643 bits per heavy atom. The highest BCUT2D eigenvalue weighted by Gasteiger charge is 2.26. The number of hydrogen-bond donors (Lipinski definition) is 4. The molecule has 0 aliphatic heterocycles. The van der Waals surface area contributed by atoms with Crippen LogP contribution in [0.25, 0.3) is 0 Å². The van der Waals surface area contributed by atoms with Crippen molar-refractivity contribution < 1.29 is 29.4 Å². The van der Waals surface area contributed by atoms with Crippen LogP contribution in [-0.2, 0) is 19.2 Å². The summed E-state index contributed by atoms with van der Waals surface area (Å²) in [5.41, 5.74) is 0. The van der Waals surface area contributed by atoms with Crippen molar-refractivity contribution >= 4 is 23.8 Å². The fourth-order valence-corrected chi connectivity index (χ4v) is 3.80. The average molecular weight is 399 g/mol. The summed E-state index contributed by atoms with van der Waals surface area (Å²) in [5, 5.41) is 23.1. The molecule has 0 spiro atoms. The van der Waals surface area contributed by atoms with Crippen LogP contribution < -0.4 is 10.6 Å². The van der Waals surface area contributed by atoms with E-state index in [0.717, 1.165) is 51.4 Å². The highest BCUT2D eigenvalue weighted by atomic mass is 16.4. The first kappa shape index (κ1) is 23.9. The summed E-state index contributed by atoms with van der Waals surface area (Å²) < 4.78 is 0. The van der Waals surface area contributed by atoms with Gasteiger partial charge in [-0.25, -0.2) is 0 Å². The molecule has 2 aliphatic carbocycles. The number of carboxylic acids is 2. The predicted molar refractivity (Wildman–Crippen MR) is 104 cm³/mol. The number of amides is 2. The third-order valence-corrected chi connectivity index (χ3v) is 5.67. The molecule has 0 radical (unpaired) electrons. The monoisotopic (exact) mass is 398 g/mol. The van der Waals surface area contributed by atoms with Gasteiger partial charge < -0.3 is 20.8 Å². The minimum Gasteiger partial charge on any atom is -0.481 e. The molecule has 4 N–H and O–H groups in total. The highest BCUT2D eigenvalue weighted by Crippen LogP contribution is 2.29. The highest BCUT2D eigenvalue weighted by molar-refractivity contribution is 5.73. The molecule has 0 aromatic carbocycles. The average Bonchev–Trinajstić information content (AvgIpc) is 2.65. The molecule has 8 heteroatoms. The van der Waals surface area contributed by atoms with Crippen LogP contribution in [0.1, 0.15) is 65.2 Å². The van der Waals surface area contributed by atoms with Gasteiger partial charge in [0.05, 0.1) is 11.8 Å². The second kappa shape index (κ2) is 12.4. The third kappa shape index (κ3) is 9.71. The predicted octanol–water partition coefficient (Wildman–Crippen LogP) is 2.03. The number of carbonyl (C=O) groups excluding carboxylic acids is 2. The lowest BCUT2D eigenvalue weighted by molar-refractivity contribution is -0.144. The molecule has 0 aromatic rings. The molecule has 0 saturated heterocycles. The largest absolute Gasteiger partial charge is 0.481 e. The smallest absolute Gasteiger partial charge is 0.306 e. The number of carboxylic acid groups (broad SMARTS) is 2. The minimum atomic E-state index is -0.678. The first-order chi connectivity index (χ1) is 13.2. The van der Waals surface area contributed by atoms with Crippen molar-refractivity contribution in [3.63, 3.8) is 0 Å². The van der Waals surface area contributed by atoms with Crippen molar-refractivity contribution in [1.29, 1.82) is 0 Å². The van der Waals surface area contributed by atoms with E-state index in [9.17, 15) is 19.2 Å². The molecular formula is C20H34N2O6. The number of rotatable bonds is 6. The Bertz CT molecular complexity index is 487. The molecular weight excluding hydrogens is 364 g/mol. The van der Waals surface area contributed by atoms with Gasteiger partial charge in [-0.05, 0) is 63.2 Å². The Morgan fingerprint density at radius 2 is 0.929 bits per heavy atom. The van der Waals surface area contributed by atoms with Crippen LogP contribution in [0.4, 0.5) is 0 Å². The van der Waals surface area contributed by atoms with Gasteiger partial charge >= 0.3 is 11.9 Å². The lowest BCUT2D eigenvalue weighted by atomic mass is 9.82. The molecule has 160 valence electrons. The van der Waals surface area contributed by atoms with Crippen molar-refractivity contribution in [2.45, 2.75) is 65.2 Å². The van der Waals surface area contributed by atoms with E-state index in [1.165, 1.54) is 13.8 Å². The summed E-state index contributed by atoms with van der Waals surface area (Å²) in [6.45, 7) is 4.40. The molecule has 2 amide bonds. The third-order valence-electron chi connectivity index (χ3n) is 5.67. The van der Waals surface area contributed by atoms with E-state index < -0.39 is 11.9 Å². The fourth-order valence-electron chi connectivity index (χ4n) is 3.80. The van der Waals surface area contributed by atoms with E-state index >= 15 is 0 Å². The van der Waals surface area contributed by atoms with E-state index in [1.54, 1.807) is 0 Å². The van der Waals surface area contributed by atoms with Gasteiger partial charge in [-0.3, -0.25) is 19.2 Å². The normalized spacial score (nSPS) is 26.9. The molecule has 8 nitrogen and oxygen atoms in total. The molecule has 0 atom stereocenters. The number of nitrogens with one attached hydrogen (secondary N) is 2. The van der Waals surface area contributed by atoms with E-state index in [0.29, 0.717) is 24.9 Å². The van der Waals surface area contributed by atoms with Gasteiger partial charge in [0.1, 0.15) is 0 Å². The molecule has 2 saturated carbocycles. The number of carbonyl (C=O) groups is 4. The van der Waals surface area contributed by atoms with Crippen molar-refractivity contribution in [2.75, 3.05) is 13.1 Å². The zero-order valence-electron chi connectivity index (χ0n) is 16.9. The maximum absolute atomic E-state index is 10.7. The lowest BCUT2D eigenvalue weighted by Gasteiger charge is -2.25. The van der Waals surface area contributed by atoms with Crippen LogP contribution in [0, 0.1) is 23.7 Å². The summed E-state index contributed by atoms with van der Waals surface area (Å²) in [7, 11) is 0. The standard InChI is InChI=1S/2C10H17NO3/c2*1-7(12)11-6-8-2-4-9(5-3-8)10(13)14/h2*8-9H,2-6H2,1H3,(H,11,12)(H,13,14). The van der Waals surface area contributed by atoms with Gasteiger partial charge in [0.15, 0.2) is 0 Å². The van der Waals surface area contributed by atoms with Crippen LogP contribution >= 0.6 is 0 Å². The van der Waals surface area contributed by atoms with Crippen LogP contribution in [0.15, 0.2) is 0 Å². The Labute approximate surface area is 166 Å². The van der Waals surface area contributed by atoms with Gasteiger partial charge in [0, 0.05) is 26.9 Å². The van der Waals surface area contributed by atoms with Crippen molar-refractivity contribution in [2.24, 2.45) is 23.7 Å². The van der Waals surface area contributed by atoms with Crippen LogP contribution in [0.3, 0.4) is 0 Å². The molecule has 2 aliphatic rings. The lowest BCUT2D eigenvalue weighted by Crippen LogP contribution is -2.31. The van der Waals surface area contributed by atoms with E-state index in [2.05, 4.69) is 10.6 Å². The van der Waals surface area contributed by atoms with Gasteiger partial charge in [0.2, 0.25) is 11.8 Å². The summed E-state index contributed by atoms with van der Waals surface area (Å²) in [6, 6.07) is 0. The summed E-state index contributed by atoms with van der Waals surface area (Å²) in [6.07, 6.45) is 6.65. The molecule has 0 bridgehead atoms. The van der Waals surface area contributed by atoms with E-state index in [1.807, 2.05) is 0 Å². The Kier molecular flexibility index (Phi) is 10.6. The Morgan fingerprint density at radius 3 is 1.14 bits per heavy atom. The van der Waals surface area contributed by atoms with Crippen molar-refractivity contribution in [1.82, 2.24) is 10.6 Å². The zero-order chi connectivity index (χ0) is 21.1. The quantitative estimate of drug-likeness (QED) is 0.541. The van der Waals surface area contributed by atoms with Crippen molar-refractivity contribution in [3.05, 3.63) is 0 Å². The first-order valence-electron chi connectivity index (χ1n) is 10.1. The summed E-state index contributed by atoms with van der Waals surface area (Å²) in [4.78, 5) is 42.6. The topological polar surface area (TPSA) is 133 Å². The van der Waals surface area contributed by atoms with Gasteiger partial charge in [-0.2, -0.15) is 0 Å². The molecule has 0 heterocycles. The van der Waals surface area contributed by atoms with Gasteiger partial charge in [-0.1, -0.05) is 0 Å². The fraction of sp³-hybridized carbons (Fsp3) is 0.800. The van der Waals surface area contributed by atoms with E-state index in [4.69, 9.17) is 10.2 Å². The van der Waals surface area contributed by atoms with Gasteiger partial charge in [0.25, 0.3) is 0 Å². The van der Waals surface area contributed by atoms with Crippen LogP contribution in [-0.4, -0.2) is 47.1 Å². The Hall–Kier alpha value is -2.12. The minimum absolute atomic E-state index is 0.00893. The maximum Gasteiger partial charge on any atom is 0.306 e. The second-order valence-corrected chi connectivity index (χ2v) is 7.99. The molecule has 2 fully saturated rings. The van der Waals surface area contributed by atoms with Gasteiger partial charge in [-0.15, -0.1) is 0 Å². The Balaban J connectivity index is 0.000000280. The number of hydrogen-bond acceptors (Lipinski definition) is 4. The second-order valence-electron chi connectivity index (χ2n) is 7.99. The molecule has 0 unspecified atom stereocenters. The van der Waals surface area contributed by atoms with Crippen molar-refractivity contribution in [3.8, 4) is 0 Å². The SMILES string of the molecule is CC(=O)NCC1CCC(C(=O)O)CC1.CC(=O)NCC1CCC(C(=O)O)CC1. The summed E-state index contributed by atoms with van der Waals surface area (Å²) in [5.74, 6) is -0.766. The van der Waals surface area contributed by atoms with E-state index in [-0.39, 0.29) is 23.7 Å². The first-order valence-corrected chi connectivity index (χ1v) is 10.1. The molecule has 28 heavy (non-hydrogen) atoms. The molecule has 2 rings (SSSR count). The zero-order valence-corrected chi connectivity index (χ0v) is 16.9. The van der Waals surface area contributed by atoms with Crippen LogP contribution in [0.5, 0.6) is 0 Å².